The van der Waals surface area contributed by atoms with Crippen LogP contribution in [0.25, 0.3) is 0 Å². The summed E-state index contributed by atoms with van der Waals surface area (Å²) < 4.78 is 29.4. The summed E-state index contributed by atoms with van der Waals surface area (Å²) >= 11 is 0. The maximum absolute atomic E-state index is 12.5. The van der Waals surface area contributed by atoms with Crippen LogP contribution in [0.4, 0.5) is 0 Å². The number of aliphatic hydroxyl groups excluding tert-OH is 1. The largest absolute Gasteiger partial charge is 0.468 e. The van der Waals surface area contributed by atoms with Gasteiger partial charge in [0.05, 0.1) is 19.5 Å². The molecule has 0 saturated carbocycles. The van der Waals surface area contributed by atoms with E-state index in [2.05, 4.69) is 9.46 Å². The summed E-state index contributed by atoms with van der Waals surface area (Å²) in [6.07, 6.45) is 1.12. The minimum atomic E-state index is -4.28. The molecule has 1 rings (SSSR count). The molecule has 0 spiro atoms. The van der Waals surface area contributed by atoms with Crippen molar-refractivity contribution in [3.05, 3.63) is 35.9 Å². The fraction of sp³-hybridized carbons (Fsp3) is 0.417. The number of hydrogen-bond donors (Lipinski definition) is 3. The van der Waals surface area contributed by atoms with E-state index in [0.717, 1.165) is 13.4 Å². The van der Waals surface area contributed by atoms with Crippen molar-refractivity contribution in [2.45, 2.75) is 11.8 Å². The van der Waals surface area contributed by atoms with Crippen LogP contribution in [0.1, 0.15) is 5.56 Å². The number of hydrogen-bond acceptors (Lipinski definition) is 4. The molecular formula is C12H19NO5S. The second-order valence-electron chi connectivity index (χ2n) is 4.49. The number of carbonyl (C=O) groups is 1. The summed E-state index contributed by atoms with van der Waals surface area (Å²) in [5.74, 6) is -0.948. The summed E-state index contributed by atoms with van der Waals surface area (Å²) in [5.41, 5.74) is 0.651. The molecule has 1 unspecified atom stereocenters. The fourth-order valence-electron chi connectivity index (χ4n) is 1.68. The van der Waals surface area contributed by atoms with Gasteiger partial charge in [-0.2, -0.15) is 4.21 Å². The van der Waals surface area contributed by atoms with Crippen molar-refractivity contribution in [2.24, 2.45) is 0 Å². The lowest BCUT2D eigenvalue weighted by Gasteiger charge is -2.41. The SMILES string of the molecule is COC(=O)C(CO)NS(C)(=O)(O)Cc1ccccc1. The third-order valence-electron chi connectivity index (χ3n) is 2.46. The van der Waals surface area contributed by atoms with E-state index in [1.165, 1.54) is 0 Å². The summed E-state index contributed by atoms with van der Waals surface area (Å²) in [6.45, 7) is -0.621. The van der Waals surface area contributed by atoms with Crippen molar-refractivity contribution in [1.29, 1.82) is 0 Å². The van der Waals surface area contributed by atoms with Gasteiger partial charge in [0.1, 0.15) is 6.04 Å². The molecule has 0 aliphatic heterocycles. The molecule has 0 fully saturated rings. The number of nitrogens with one attached hydrogen (secondary N) is 1. The number of carbonyl (C=O) groups excluding carboxylic acids is 1. The van der Waals surface area contributed by atoms with Gasteiger partial charge in [-0.25, -0.2) is 4.72 Å². The van der Waals surface area contributed by atoms with Crippen molar-refractivity contribution < 1.29 is 23.4 Å². The molecule has 7 heteroatoms. The minimum Gasteiger partial charge on any atom is -0.468 e. The van der Waals surface area contributed by atoms with E-state index >= 15 is 0 Å². The van der Waals surface area contributed by atoms with Gasteiger partial charge in [0.25, 0.3) is 0 Å². The number of aliphatic hydroxyl groups is 1. The Hall–Kier alpha value is -1.28. The van der Waals surface area contributed by atoms with E-state index in [9.17, 15) is 13.6 Å². The van der Waals surface area contributed by atoms with Crippen LogP contribution in [0.5, 0.6) is 0 Å². The molecular weight excluding hydrogens is 270 g/mol. The maximum Gasteiger partial charge on any atom is 0.326 e. The molecule has 1 atom stereocenters. The molecule has 0 aliphatic carbocycles. The Kier molecular flexibility index (Phi) is 4.81. The lowest BCUT2D eigenvalue weighted by atomic mass is 10.2. The second-order valence-corrected chi connectivity index (χ2v) is 7.98. The first-order chi connectivity index (χ1) is 8.75. The first kappa shape index (κ1) is 15.8. The standard InChI is InChI=1S/C12H19NO5S/c1-18-12(15)11(8-14)13-19(2,16,17)9-10-6-4-3-5-7-10/h3-7,11,14H,8-9H2,1-2H3,(H2,13,16,17). The van der Waals surface area contributed by atoms with Gasteiger partial charge in [0.2, 0.25) is 0 Å². The number of benzene rings is 1. The Morgan fingerprint density at radius 2 is 2.00 bits per heavy atom. The highest BCUT2D eigenvalue weighted by molar-refractivity contribution is 8.12. The van der Waals surface area contributed by atoms with Crippen molar-refractivity contribution in [3.8, 4) is 0 Å². The molecule has 0 bridgehead atoms. The molecule has 108 valence electrons. The molecule has 6 nitrogen and oxygen atoms in total. The minimum absolute atomic E-state index is 0.161. The van der Waals surface area contributed by atoms with E-state index in [-0.39, 0.29) is 5.75 Å². The van der Waals surface area contributed by atoms with Gasteiger partial charge < -0.3 is 9.84 Å². The molecule has 19 heavy (non-hydrogen) atoms. The molecule has 0 radical (unpaired) electrons. The van der Waals surface area contributed by atoms with Crippen molar-refractivity contribution >= 4 is 15.5 Å². The van der Waals surface area contributed by atoms with Crippen LogP contribution >= 0.6 is 0 Å². The van der Waals surface area contributed by atoms with Gasteiger partial charge in [-0.1, -0.05) is 30.3 Å². The predicted molar refractivity (Wildman–Crippen MR) is 72.9 cm³/mol. The third-order valence-corrected chi connectivity index (χ3v) is 4.36. The molecule has 0 heterocycles. The monoisotopic (exact) mass is 289 g/mol. The van der Waals surface area contributed by atoms with E-state index in [1.807, 2.05) is 0 Å². The molecule has 1 aromatic carbocycles. The number of esters is 1. The van der Waals surface area contributed by atoms with Crippen LogP contribution in [0.15, 0.2) is 30.3 Å². The van der Waals surface area contributed by atoms with Gasteiger partial charge in [0.15, 0.2) is 0 Å². The Labute approximate surface area is 112 Å². The van der Waals surface area contributed by atoms with Crippen LogP contribution in [0, 0.1) is 0 Å². The summed E-state index contributed by atoms with van der Waals surface area (Å²) in [4.78, 5) is 11.3. The predicted octanol–water partition coefficient (Wildman–Crippen LogP) is 0.148. The normalized spacial score (nSPS) is 15.3. The Bertz CT molecular complexity index is 496. The Balaban J connectivity index is 2.88. The smallest absolute Gasteiger partial charge is 0.326 e. The lowest BCUT2D eigenvalue weighted by molar-refractivity contribution is -0.143. The number of rotatable bonds is 6. The summed E-state index contributed by atoms with van der Waals surface area (Å²) in [6, 6.07) is 7.49. The quantitative estimate of drug-likeness (QED) is 0.648. The fourth-order valence-corrected chi connectivity index (χ4v) is 3.64. The zero-order valence-corrected chi connectivity index (χ0v) is 11.7. The first-order valence-corrected chi connectivity index (χ1v) is 8.13. The van der Waals surface area contributed by atoms with E-state index in [4.69, 9.17) is 5.11 Å². The van der Waals surface area contributed by atoms with Crippen LogP contribution in [-0.4, -0.2) is 45.9 Å². The molecule has 0 saturated heterocycles. The van der Waals surface area contributed by atoms with Crippen molar-refractivity contribution in [3.63, 3.8) is 0 Å². The highest BCUT2D eigenvalue weighted by atomic mass is 32.3. The highest BCUT2D eigenvalue weighted by Crippen LogP contribution is 2.20. The average molecular weight is 289 g/mol. The van der Waals surface area contributed by atoms with Crippen LogP contribution in [0.2, 0.25) is 0 Å². The first-order valence-electron chi connectivity index (χ1n) is 5.63. The zero-order chi connectivity index (χ0) is 14.5. The third kappa shape index (κ3) is 5.07. The van der Waals surface area contributed by atoms with Gasteiger partial charge in [-0.3, -0.25) is 9.35 Å². The van der Waals surface area contributed by atoms with E-state index < -0.39 is 28.2 Å². The topological polar surface area (TPSA) is 95.9 Å². The van der Waals surface area contributed by atoms with Crippen molar-refractivity contribution in [1.82, 2.24) is 4.72 Å². The maximum atomic E-state index is 12.5. The van der Waals surface area contributed by atoms with Gasteiger partial charge in [-0.05, 0) is 5.56 Å². The van der Waals surface area contributed by atoms with Crippen molar-refractivity contribution in [2.75, 3.05) is 20.0 Å². The van der Waals surface area contributed by atoms with E-state index in [0.29, 0.717) is 5.56 Å². The van der Waals surface area contributed by atoms with Gasteiger partial charge in [-0.15, -0.1) is 9.53 Å². The average Bonchev–Trinajstić information content (AvgIpc) is 2.35. The van der Waals surface area contributed by atoms with Crippen LogP contribution in [0.3, 0.4) is 0 Å². The molecule has 1 aromatic rings. The molecule has 0 aliphatic rings. The molecule has 0 amide bonds. The zero-order valence-electron chi connectivity index (χ0n) is 10.9. The molecule has 3 N–H and O–H groups in total. The van der Waals surface area contributed by atoms with E-state index in [1.54, 1.807) is 30.3 Å². The summed E-state index contributed by atoms with van der Waals surface area (Å²) in [5, 5.41) is 9.08. The summed E-state index contributed by atoms with van der Waals surface area (Å²) in [7, 11) is -3.13. The van der Waals surface area contributed by atoms with Gasteiger partial charge in [0, 0.05) is 6.26 Å². The van der Waals surface area contributed by atoms with Gasteiger partial charge >= 0.3 is 5.97 Å². The Morgan fingerprint density at radius 3 is 2.47 bits per heavy atom. The Morgan fingerprint density at radius 1 is 1.42 bits per heavy atom. The molecule has 0 aromatic heterocycles. The lowest BCUT2D eigenvalue weighted by Crippen LogP contribution is -2.56. The number of ether oxygens (including phenoxy) is 1. The van der Waals surface area contributed by atoms with Crippen LogP contribution < -0.4 is 4.72 Å². The highest BCUT2D eigenvalue weighted by Gasteiger charge is 2.29. The van der Waals surface area contributed by atoms with Crippen LogP contribution in [-0.2, 0) is 24.8 Å². The second kappa shape index (κ2) is 5.79. The number of methoxy groups -OCH3 is 1.